The zero-order valence-corrected chi connectivity index (χ0v) is 19.3. The molecule has 1 aliphatic rings. The second kappa shape index (κ2) is 10.1. The van der Waals surface area contributed by atoms with Crippen molar-refractivity contribution < 1.29 is 14.3 Å². The molecule has 35 heavy (non-hydrogen) atoms. The van der Waals surface area contributed by atoms with Crippen molar-refractivity contribution in [1.82, 2.24) is 14.9 Å². The number of rotatable bonds is 6. The van der Waals surface area contributed by atoms with Crippen LogP contribution >= 0.6 is 0 Å². The Hall–Kier alpha value is -4.59. The van der Waals surface area contributed by atoms with Crippen LogP contribution < -0.4 is 20.1 Å². The molecule has 1 aromatic heterocycles. The van der Waals surface area contributed by atoms with Crippen LogP contribution in [0.15, 0.2) is 85.1 Å². The molecular weight excluding hydrogens is 442 g/mol. The number of amides is 1. The molecule has 0 unspecified atom stereocenters. The third-order valence-electron chi connectivity index (χ3n) is 5.63. The lowest BCUT2D eigenvalue weighted by Crippen LogP contribution is -2.32. The number of anilines is 3. The summed E-state index contributed by atoms with van der Waals surface area (Å²) < 4.78 is 11.2. The van der Waals surface area contributed by atoms with E-state index in [0.29, 0.717) is 42.6 Å². The predicted molar refractivity (Wildman–Crippen MR) is 134 cm³/mol. The van der Waals surface area contributed by atoms with Crippen molar-refractivity contribution in [2.75, 3.05) is 30.8 Å². The van der Waals surface area contributed by atoms with E-state index in [1.54, 1.807) is 30.3 Å². The van der Waals surface area contributed by atoms with Gasteiger partial charge in [-0.25, -0.2) is 9.97 Å². The minimum Gasteiger partial charge on any atom is -0.495 e. The molecule has 0 aliphatic carbocycles. The first-order chi connectivity index (χ1) is 17.2. The maximum atomic E-state index is 13.3. The number of ether oxygens (including phenoxy) is 2. The highest BCUT2D eigenvalue weighted by Crippen LogP contribution is 2.27. The number of carbonyl (C=O) groups is 1. The Labute approximate surface area is 203 Å². The second-order valence-electron chi connectivity index (χ2n) is 7.97. The lowest BCUT2D eigenvalue weighted by Gasteiger charge is -2.20. The van der Waals surface area contributed by atoms with Gasteiger partial charge >= 0.3 is 0 Å². The minimum absolute atomic E-state index is 0.0660. The van der Waals surface area contributed by atoms with Crippen LogP contribution in [0.25, 0.3) is 0 Å². The monoisotopic (exact) mass is 467 g/mol. The van der Waals surface area contributed by atoms with Crippen LogP contribution in [-0.2, 0) is 6.54 Å². The number of nitrogens with zero attached hydrogens (tertiary/aromatic N) is 3. The Morgan fingerprint density at radius 3 is 2.51 bits per heavy atom. The van der Waals surface area contributed by atoms with Crippen molar-refractivity contribution >= 4 is 23.2 Å². The number of carbonyl (C=O) groups excluding carboxylic acids is 1. The van der Waals surface area contributed by atoms with E-state index in [1.807, 2.05) is 66.7 Å². The zero-order chi connectivity index (χ0) is 24.0. The highest BCUT2D eigenvalue weighted by atomic mass is 16.5. The number of benzene rings is 3. The van der Waals surface area contributed by atoms with Crippen molar-refractivity contribution in [3.05, 3.63) is 96.3 Å². The molecule has 1 amide bonds. The van der Waals surface area contributed by atoms with Gasteiger partial charge in [-0.05, 0) is 48.5 Å². The van der Waals surface area contributed by atoms with Crippen LogP contribution in [0, 0.1) is 0 Å². The van der Waals surface area contributed by atoms with Gasteiger partial charge < -0.3 is 25.0 Å². The van der Waals surface area contributed by atoms with Crippen LogP contribution in [0.1, 0.15) is 16.1 Å². The molecule has 8 nitrogen and oxygen atoms in total. The van der Waals surface area contributed by atoms with Crippen LogP contribution in [-0.4, -0.2) is 41.0 Å². The summed E-state index contributed by atoms with van der Waals surface area (Å²) in [6.07, 6.45) is 1.74. The number of hydrogen-bond acceptors (Lipinski definition) is 7. The van der Waals surface area contributed by atoms with E-state index in [-0.39, 0.29) is 5.91 Å². The van der Waals surface area contributed by atoms with Gasteiger partial charge in [0.25, 0.3) is 5.91 Å². The van der Waals surface area contributed by atoms with Gasteiger partial charge in [0.15, 0.2) is 0 Å². The fourth-order valence-electron chi connectivity index (χ4n) is 3.85. The highest BCUT2D eigenvalue weighted by Gasteiger charge is 2.22. The van der Waals surface area contributed by atoms with Gasteiger partial charge in [0.05, 0.1) is 36.9 Å². The molecule has 2 heterocycles. The summed E-state index contributed by atoms with van der Waals surface area (Å²) in [5.41, 5.74) is 2.92. The molecule has 0 radical (unpaired) electrons. The summed E-state index contributed by atoms with van der Waals surface area (Å²) >= 11 is 0. The lowest BCUT2D eigenvalue weighted by atomic mass is 10.2. The summed E-state index contributed by atoms with van der Waals surface area (Å²) in [4.78, 5) is 24.2. The van der Waals surface area contributed by atoms with Crippen LogP contribution in [0.2, 0.25) is 0 Å². The SMILES string of the molecule is COc1ccccc1Nc1ncc2c(n1)CN(C(=O)c1ccc(Oc3ccccc3)cc1)CCN2. The molecule has 1 aliphatic heterocycles. The van der Waals surface area contributed by atoms with Crippen molar-refractivity contribution in [3.8, 4) is 17.2 Å². The maximum absolute atomic E-state index is 13.3. The summed E-state index contributed by atoms with van der Waals surface area (Å²) in [6.45, 7) is 1.52. The molecule has 0 atom stereocenters. The summed E-state index contributed by atoms with van der Waals surface area (Å²) in [7, 11) is 1.62. The number of fused-ring (bicyclic) bond motifs is 1. The van der Waals surface area contributed by atoms with Crippen LogP contribution in [0.4, 0.5) is 17.3 Å². The standard InChI is InChI=1S/C27H25N5O3/c1-34-25-10-6-5-9-22(25)30-27-29-17-23-24(31-27)18-32(16-15-28-23)26(33)19-11-13-21(14-12-19)35-20-7-3-2-4-8-20/h2-14,17,28H,15-16,18H2,1H3,(H,29,30,31). The van der Waals surface area contributed by atoms with Crippen molar-refractivity contribution in [3.63, 3.8) is 0 Å². The zero-order valence-electron chi connectivity index (χ0n) is 19.3. The summed E-state index contributed by atoms with van der Waals surface area (Å²) in [6, 6.07) is 24.3. The van der Waals surface area contributed by atoms with Gasteiger partial charge in [-0.2, -0.15) is 0 Å². The topological polar surface area (TPSA) is 88.6 Å². The van der Waals surface area contributed by atoms with Gasteiger partial charge in [-0.15, -0.1) is 0 Å². The molecule has 0 saturated heterocycles. The number of methoxy groups -OCH3 is 1. The number of para-hydroxylation sites is 3. The van der Waals surface area contributed by atoms with Gasteiger partial charge in [0, 0.05) is 18.7 Å². The van der Waals surface area contributed by atoms with E-state index < -0.39 is 0 Å². The fraction of sp³-hybridized carbons (Fsp3) is 0.148. The quantitative estimate of drug-likeness (QED) is 0.408. The predicted octanol–water partition coefficient (Wildman–Crippen LogP) is 5.09. The molecule has 3 aromatic carbocycles. The van der Waals surface area contributed by atoms with Crippen molar-refractivity contribution in [2.24, 2.45) is 0 Å². The van der Waals surface area contributed by atoms with E-state index in [1.165, 1.54) is 0 Å². The molecular formula is C27H25N5O3. The molecule has 2 N–H and O–H groups in total. The number of aromatic nitrogens is 2. The Kier molecular flexibility index (Phi) is 6.43. The average molecular weight is 468 g/mol. The van der Waals surface area contributed by atoms with E-state index in [2.05, 4.69) is 20.6 Å². The molecule has 8 heteroatoms. The van der Waals surface area contributed by atoms with E-state index in [0.717, 1.165) is 22.8 Å². The molecule has 0 fully saturated rings. The number of nitrogens with one attached hydrogen (secondary N) is 2. The van der Waals surface area contributed by atoms with Crippen molar-refractivity contribution in [2.45, 2.75) is 6.54 Å². The average Bonchev–Trinajstić information content (AvgIpc) is 3.12. The largest absolute Gasteiger partial charge is 0.495 e. The third-order valence-corrected chi connectivity index (χ3v) is 5.63. The fourth-order valence-corrected chi connectivity index (χ4v) is 3.85. The molecule has 5 rings (SSSR count). The van der Waals surface area contributed by atoms with Gasteiger partial charge in [-0.1, -0.05) is 30.3 Å². The molecule has 0 saturated carbocycles. The van der Waals surface area contributed by atoms with Crippen LogP contribution in [0.3, 0.4) is 0 Å². The van der Waals surface area contributed by atoms with Crippen LogP contribution in [0.5, 0.6) is 17.2 Å². The van der Waals surface area contributed by atoms with Gasteiger partial charge in [-0.3, -0.25) is 4.79 Å². The van der Waals surface area contributed by atoms with E-state index >= 15 is 0 Å². The first-order valence-corrected chi connectivity index (χ1v) is 11.3. The lowest BCUT2D eigenvalue weighted by molar-refractivity contribution is 0.0751. The Balaban J connectivity index is 1.31. The maximum Gasteiger partial charge on any atom is 0.254 e. The first kappa shape index (κ1) is 22.2. The van der Waals surface area contributed by atoms with Gasteiger partial charge in [0.1, 0.15) is 17.2 Å². The molecule has 176 valence electrons. The second-order valence-corrected chi connectivity index (χ2v) is 7.97. The number of hydrogen-bond donors (Lipinski definition) is 2. The third kappa shape index (κ3) is 5.16. The Morgan fingerprint density at radius 1 is 0.971 bits per heavy atom. The van der Waals surface area contributed by atoms with E-state index in [9.17, 15) is 4.79 Å². The molecule has 0 spiro atoms. The molecule has 0 bridgehead atoms. The normalized spacial score (nSPS) is 12.7. The highest BCUT2D eigenvalue weighted by molar-refractivity contribution is 5.94. The first-order valence-electron chi connectivity index (χ1n) is 11.3. The Bertz CT molecular complexity index is 1310. The summed E-state index contributed by atoms with van der Waals surface area (Å²) in [5, 5.41) is 6.52. The summed E-state index contributed by atoms with van der Waals surface area (Å²) in [5.74, 6) is 2.49. The molecule has 4 aromatic rings. The smallest absolute Gasteiger partial charge is 0.254 e. The van der Waals surface area contributed by atoms with Gasteiger partial charge in [0.2, 0.25) is 5.95 Å². The minimum atomic E-state index is -0.0660. The van der Waals surface area contributed by atoms with E-state index in [4.69, 9.17) is 9.47 Å². The Morgan fingerprint density at radius 2 is 1.71 bits per heavy atom. The van der Waals surface area contributed by atoms with Crippen molar-refractivity contribution in [1.29, 1.82) is 0 Å².